The average molecular weight is 351 g/mol. The Bertz CT molecular complexity index is 799. The molecule has 134 valence electrons. The molecule has 0 saturated heterocycles. The average Bonchev–Trinajstić information content (AvgIpc) is 2.66. The first-order chi connectivity index (χ1) is 12.5. The normalized spacial score (nSPS) is 12.5. The van der Waals surface area contributed by atoms with E-state index in [1.807, 2.05) is 36.4 Å². The molecule has 1 amide bonds. The van der Waals surface area contributed by atoms with Gasteiger partial charge in [0.15, 0.2) is 0 Å². The van der Waals surface area contributed by atoms with Gasteiger partial charge in [0.25, 0.3) is 0 Å². The Morgan fingerprint density at radius 1 is 1.15 bits per heavy atom. The highest BCUT2D eigenvalue weighted by atomic mass is 16.5. The molecule has 6 nitrogen and oxygen atoms in total. The highest BCUT2D eigenvalue weighted by molar-refractivity contribution is 5.87. The molecule has 26 heavy (non-hydrogen) atoms. The van der Waals surface area contributed by atoms with Crippen LogP contribution in [-0.2, 0) is 27.4 Å². The molecule has 3 N–H and O–H groups in total. The van der Waals surface area contributed by atoms with Crippen molar-refractivity contribution < 1.29 is 14.3 Å². The summed E-state index contributed by atoms with van der Waals surface area (Å²) in [7, 11) is 0. The fourth-order valence-electron chi connectivity index (χ4n) is 2.35. The first-order valence-electron chi connectivity index (χ1n) is 8.25. The van der Waals surface area contributed by atoms with Crippen LogP contribution in [0.25, 0.3) is 0 Å². The number of carbonyl (C=O) groups is 2. The van der Waals surface area contributed by atoms with Gasteiger partial charge in [-0.3, -0.25) is 4.79 Å². The molecule has 2 aromatic rings. The summed E-state index contributed by atoms with van der Waals surface area (Å²) in [6.45, 7) is 1.70. The van der Waals surface area contributed by atoms with Crippen molar-refractivity contribution in [2.75, 3.05) is 0 Å². The number of nitrogens with two attached hydrogens (primary N) is 1. The third-order valence-electron chi connectivity index (χ3n) is 3.78. The number of rotatable bonds is 7. The number of nitriles is 1. The van der Waals surface area contributed by atoms with Gasteiger partial charge in [0.1, 0.15) is 12.6 Å². The number of hydrogen-bond donors (Lipinski definition) is 2. The third kappa shape index (κ3) is 5.72. The quantitative estimate of drug-likeness (QED) is 0.738. The lowest BCUT2D eigenvalue weighted by Gasteiger charge is -2.17. The number of nitrogens with zero attached hydrogens (tertiary/aromatic N) is 1. The maximum atomic E-state index is 12.2. The molecule has 2 aromatic carbocycles. The minimum absolute atomic E-state index is 0.146. The van der Waals surface area contributed by atoms with Crippen LogP contribution in [-0.4, -0.2) is 24.0 Å². The van der Waals surface area contributed by atoms with E-state index in [1.165, 1.54) is 0 Å². The summed E-state index contributed by atoms with van der Waals surface area (Å²) in [6.07, 6.45) is 0.271. The number of benzene rings is 2. The van der Waals surface area contributed by atoms with Gasteiger partial charge < -0.3 is 15.8 Å². The smallest absolute Gasteiger partial charge is 0.328 e. The van der Waals surface area contributed by atoms with Gasteiger partial charge in [-0.2, -0.15) is 5.26 Å². The molecule has 0 radical (unpaired) electrons. The van der Waals surface area contributed by atoms with E-state index < -0.39 is 24.0 Å². The molecule has 2 rings (SSSR count). The second kappa shape index (κ2) is 9.35. The molecule has 0 saturated carbocycles. The first-order valence-corrected chi connectivity index (χ1v) is 8.25. The van der Waals surface area contributed by atoms with Crippen molar-refractivity contribution in [2.45, 2.75) is 32.0 Å². The molecule has 0 aliphatic carbocycles. The highest BCUT2D eigenvalue weighted by Crippen LogP contribution is 2.07. The molecule has 6 heteroatoms. The molecule has 0 unspecified atom stereocenters. The molecule has 0 aliphatic rings. The summed E-state index contributed by atoms with van der Waals surface area (Å²) in [6, 6.07) is 16.6. The zero-order valence-electron chi connectivity index (χ0n) is 14.5. The minimum atomic E-state index is -0.826. The summed E-state index contributed by atoms with van der Waals surface area (Å²) in [5.41, 5.74) is 8.07. The van der Waals surface area contributed by atoms with E-state index in [2.05, 4.69) is 5.32 Å². The van der Waals surface area contributed by atoms with Crippen molar-refractivity contribution in [1.82, 2.24) is 5.32 Å². The lowest BCUT2D eigenvalue weighted by Crippen LogP contribution is -2.48. The Morgan fingerprint density at radius 2 is 1.85 bits per heavy atom. The van der Waals surface area contributed by atoms with Gasteiger partial charge in [-0.05, 0) is 36.6 Å². The van der Waals surface area contributed by atoms with Gasteiger partial charge in [-0.25, -0.2) is 4.79 Å². The van der Waals surface area contributed by atoms with Crippen molar-refractivity contribution in [3.05, 3.63) is 71.3 Å². The number of amides is 1. The summed E-state index contributed by atoms with van der Waals surface area (Å²) in [5, 5.41) is 11.5. The molecule has 0 aliphatic heterocycles. The van der Waals surface area contributed by atoms with E-state index in [1.54, 1.807) is 31.2 Å². The molecule has 0 bridgehead atoms. The van der Waals surface area contributed by atoms with Crippen molar-refractivity contribution in [3.8, 4) is 6.07 Å². The van der Waals surface area contributed by atoms with Crippen molar-refractivity contribution >= 4 is 11.9 Å². The van der Waals surface area contributed by atoms with Crippen molar-refractivity contribution in [1.29, 1.82) is 5.26 Å². The van der Waals surface area contributed by atoms with Crippen LogP contribution in [0.5, 0.6) is 0 Å². The van der Waals surface area contributed by atoms with Crippen LogP contribution >= 0.6 is 0 Å². The molecule has 0 aromatic heterocycles. The zero-order chi connectivity index (χ0) is 18.9. The fraction of sp³-hybridized carbons (Fsp3) is 0.250. The van der Waals surface area contributed by atoms with Crippen LogP contribution < -0.4 is 11.1 Å². The van der Waals surface area contributed by atoms with Crippen molar-refractivity contribution in [3.63, 3.8) is 0 Å². The van der Waals surface area contributed by atoms with Gasteiger partial charge in [0.2, 0.25) is 5.91 Å². The second-order valence-electron chi connectivity index (χ2n) is 5.95. The van der Waals surface area contributed by atoms with Gasteiger partial charge in [0.05, 0.1) is 17.7 Å². The van der Waals surface area contributed by atoms with Crippen LogP contribution in [0.2, 0.25) is 0 Å². The Morgan fingerprint density at radius 3 is 2.54 bits per heavy atom. The van der Waals surface area contributed by atoms with E-state index in [9.17, 15) is 9.59 Å². The largest absolute Gasteiger partial charge is 0.459 e. The van der Waals surface area contributed by atoms with Crippen LogP contribution in [0.15, 0.2) is 54.6 Å². The predicted molar refractivity (Wildman–Crippen MR) is 96.7 cm³/mol. The third-order valence-corrected chi connectivity index (χ3v) is 3.78. The number of esters is 1. The monoisotopic (exact) mass is 351 g/mol. The second-order valence-corrected chi connectivity index (χ2v) is 5.95. The SMILES string of the molecule is C[C@H](NC(=O)[C@H](N)Cc1cccc(C#N)c1)C(=O)OCc1ccccc1. The van der Waals surface area contributed by atoms with Gasteiger partial charge in [-0.1, -0.05) is 42.5 Å². The summed E-state index contributed by atoms with van der Waals surface area (Å²) in [5.74, 6) is -0.975. The summed E-state index contributed by atoms with van der Waals surface area (Å²) < 4.78 is 5.19. The van der Waals surface area contributed by atoms with Gasteiger partial charge in [0, 0.05) is 0 Å². The molecule has 0 spiro atoms. The number of nitrogens with one attached hydrogen (secondary N) is 1. The van der Waals surface area contributed by atoms with E-state index in [-0.39, 0.29) is 13.0 Å². The van der Waals surface area contributed by atoms with Crippen molar-refractivity contribution in [2.24, 2.45) is 5.73 Å². The fourth-order valence-corrected chi connectivity index (χ4v) is 2.35. The van der Waals surface area contributed by atoms with Crippen LogP contribution in [0, 0.1) is 11.3 Å². The van der Waals surface area contributed by atoms with E-state index in [0.717, 1.165) is 11.1 Å². The van der Waals surface area contributed by atoms with E-state index in [4.69, 9.17) is 15.7 Å². The molecule has 0 heterocycles. The van der Waals surface area contributed by atoms with Crippen LogP contribution in [0.1, 0.15) is 23.6 Å². The maximum absolute atomic E-state index is 12.2. The summed E-state index contributed by atoms with van der Waals surface area (Å²) >= 11 is 0. The molecular formula is C20H21N3O3. The maximum Gasteiger partial charge on any atom is 0.328 e. The van der Waals surface area contributed by atoms with E-state index >= 15 is 0 Å². The Labute approximate surface area is 152 Å². The Balaban J connectivity index is 1.83. The lowest BCUT2D eigenvalue weighted by molar-refractivity contribution is -0.148. The summed E-state index contributed by atoms with van der Waals surface area (Å²) in [4.78, 5) is 24.2. The standard InChI is InChI=1S/C20H21N3O3/c1-14(20(25)26-13-15-6-3-2-4-7-15)23-19(24)18(22)11-16-8-5-9-17(10-16)12-21/h2-10,14,18H,11,13,22H2,1H3,(H,23,24)/t14-,18+/m0/s1. The van der Waals surface area contributed by atoms with Gasteiger partial charge >= 0.3 is 5.97 Å². The Hall–Kier alpha value is -3.17. The highest BCUT2D eigenvalue weighted by Gasteiger charge is 2.21. The first kappa shape index (κ1) is 19.2. The molecule has 0 fully saturated rings. The Kier molecular flexibility index (Phi) is 6.89. The zero-order valence-corrected chi connectivity index (χ0v) is 14.5. The minimum Gasteiger partial charge on any atom is -0.459 e. The van der Waals surface area contributed by atoms with Crippen LogP contribution in [0.3, 0.4) is 0 Å². The van der Waals surface area contributed by atoms with Gasteiger partial charge in [-0.15, -0.1) is 0 Å². The van der Waals surface area contributed by atoms with Crippen LogP contribution in [0.4, 0.5) is 0 Å². The molecular weight excluding hydrogens is 330 g/mol. The lowest BCUT2D eigenvalue weighted by atomic mass is 10.0. The van der Waals surface area contributed by atoms with E-state index in [0.29, 0.717) is 5.56 Å². The predicted octanol–water partition coefficient (Wildman–Crippen LogP) is 1.68. The number of carbonyl (C=O) groups excluding carboxylic acids is 2. The number of ether oxygens (including phenoxy) is 1. The number of hydrogen-bond acceptors (Lipinski definition) is 5. The topological polar surface area (TPSA) is 105 Å². The molecule has 2 atom stereocenters.